The van der Waals surface area contributed by atoms with Crippen LogP contribution >= 0.6 is 11.8 Å². The van der Waals surface area contributed by atoms with Gasteiger partial charge in [0.15, 0.2) is 11.9 Å². The van der Waals surface area contributed by atoms with Gasteiger partial charge in [-0.1, -0.05) is 30.0 Å². The summed E-state index contributed by atoms with van der Waals surface area (Å²) < 4.78 is 27.1. The lowest BCUT2D eigenvalue weighted by Gasteiger charge is -2.17. The fraction of sp³-hybridized carbons (Fsp3) is 0.150. The van der Waals surface area contributed by atoms with Crippen LogP contribution in [0.15, 0.2) is 71.1 Å². The summed E-state index contributed by atoms with van der Waals surface area (Å²) in [4.78, 5) is 13.9. The predicted octanol–water partition coefficient (Wildman–Crippen LogP) is 4.22. The molecule has 140 valence electrons. The number of para-hydroxylation sites is 1. The van der Waals surface area contributed by atoms with E-state index in [9.17, 15) is 4.39 Å². The van der Waals surface area contributed by atoms with Gasteiger partial charge in [0.25, 0.3) is 0 Å². The van der Waals surface area contributed by atoms with Gasteiger partial charge in [0.1, 0.15) is 41.4 Å². The lowest BCUT2D eigenvalue weighted by Crippen LogP contribution is -2.18. The molecule has 0 N–H and O–H groups in total. The zero-order chi connectivity index (χ0) is 18.9. The van der Waals surface area contributed by atoms with E-state index >= 15 is 0 Å². The average molecular weight is 394 g/mol. The summed E-state index contributed by atoms with van der Waals surface area (Å²) in [5.74, 6) is 0.553. The van der Waals surface area contributed by atoms with Gasteiger partial charge in [-0.2, -0.15) is 0 Å². The molecule has 6 nitrogen and oxygen atoms in total. The first-order valence-corrected chi connectivity index (χ1v) is 9.53. The molecule has 1 unspecified atom stereocenters. The minimum atomic E-state index is -0.365. The number of hydrogen-bond donors (Lipinski definition) is 0. The van der Waals surface area contributed by atoms with E-state index in [2.05, 4.69) is 15.0 Å². The first kappa shape index (κ1) is 17.2. The van der Waals surface area contributed by atoms with E-state index in [4.69, 9.17) is 9.47 Å². The van der Waals surface area contributed by atoms with E-state index in [-0.39, 0.29) is 12.0 Å². The molecule has 0 saturated heterocycles. The lowest BCUT2D eigenvalue weighted by atomic mass is 10.2. The van der Waals surface area contributed by atoms with Crippen LogP contribution in [0.2, 0.25) is 0 Å². The monoisotopic (exact) mass is 394 g/mol. The van der Waals surface area contributed by atoms with Gasteiger partial charge in [0.2, 0.25) is 0 Å². The van der Waals surface area contributed by atoms with Gasteiger partial charge in [0, 0.05) is 10.5 Å². The van der Waals surface area contributed by atoms with Gasteiger partial charge < -0.3 is 9.47 Å². The first-order valence-electron chi connectivity index (χ1n) is 8.71. The predicted molar refractivity (Wildman–Crippen MR) is 102 cm³/mol. The third-order valence-electron chi connectivity index (χ3n) is 4.46. The molecule has 3 heterocycles. The van der Waals surface area contributed by atoms with Crippen LogP contribution in [0, 0.1) is 5.82 Å². The highest BCUT2D eigenvalue weighted by molar-refractivity contribution is 7.99. The molecule has 0 fully saturated rings. The number of ether oxygens (including phenoxy) is 2. The Morgan fingerprint density at radius 3 is 2.79 bits per heavy atom. The molecule has 5 rings (SSSR count). The molecule has 1 atom stereocenters. The highest BCUT2D eigenvalue weighted by Crippen LogP contribution is 2.33. The Morgan fingerprint density at radius 2 is 1.89 bits per heavy atom. The van der Waals surface area contributed by atoms with E-state index in [1.54, 1.807) is 18.5 Å². The summed E-state index contributed by atoms with van der Waals surface area (Å²) in [6.07, 6.45) is 2.81. The minimum absolute atomic E-state index is 0.272. The molecule has 1 aliphatic rings. The second-order valence-corrected chi connectivity index (χ2v) is 7.31. The number of rotatable bonds is 3. The molecule has 1 aliphatic heterocycles. The Morgan fingerprint density at radius 1 is 1.04 bits per heavy atom. The largest absolute Gasteiger partial charge is 0.488 e. The second kappa shape index (κ2) is 7.21. The molecule has 0 bridgehead atoms. The molecular formula is C20H15FN4O2S. The summed E-state index contributed by atoms with van der Waals surface area (Å²) in [6.45, 7) is 0.784. The van der Waals surface area contributed by atoms with Gasteiger partial charge in [0.05, 0.1) is 6.61 Å². The zero-order valence-corrected chi connectivity index (χ0v) is 15.5. The molecule has 2 aromatic heterocycles. The molecule has 28 heavy (non-hydrogen) atoms. The van der Waals surface area contributed by atoms with E-state index in [0.29, 0.717) is 18.9 Å². The van der Waals surface area contributed by atoms with Crippen molar-refractivity contribution < 1.29 is 13.9 Å². The SMILES string of the molecule is Fc1ccc(Sc2ncnc3ncn(C4COc5ccccc5CO4)c23)cc1. The number of nitrogens with zero attached hydrogens (tertiary/aromatic N) is 4. The van der Waals surface area contributed by atoms with Crippen LogP contribution in [0.25, 0.3) is 11.2 Å². The van der Waals surface area contributed by atoms with Crippen molar-refractivity contribution in [3.05, 3.63) is 72.6 Å². The number of benzene rings is 2. The van der Waals surface area contributed by atoms with Gasteiger partial charge in [-0.25, -0.2) is 19.3 Å². The van der Waals surface area contributed by atoms with Crippen LogP contribution in [0.4, 0.5) is 4.39 Å². The molecule has 0 radical (unpaired) electrons. The topological polar surface area (TPSA) is 62.1 Å². The highest BCUT2D eigenvalue weighted by atomic mass is 32.2. The fourth-order valence-corrected chi connectivity index (χ4v) is 3.96. The smallest absolute Gasteiger partial charge is 0.182 e. The summed E-state index contributed by atoms with van der Waals surface area (Å²) in [5.41, 5.74) is 2.34. The Bertz CT molecular complexity index is 1110. The van der Waals surface area contributed by atoms with E-state index in [1.807, 2.05) is 28.8 Å². The maximum Gasteiger partial charge on any atom is 0.182 e. The highest BCUT2D eigenvalue weighted by Gasteiger charge is 2.23. The van der Waals surface area contributed by atoms with Crippen molar-refractivity contribution in [1.82, 2.24) is 19.5 Å². The van der Waals surface area contributed by atoms with Crippen LogP contribution in [-0.4, -0.2) is 26.1 Å². The number of imidazole rings is 1. The Kier molecular flexibility index (Phi) is 4.42. The van der Waals surface area contributed by atoms with Crippen LogP contribution in [0.5, 0.6) is 5.75 Å². The molecule has 2 aromatic carbocycles. The second-order valence-electron chi connectivity index (χ2n) is 6.24. The van der Waals surface area contributed by atoms with Gasteiger partial charge >= 0.3 is 0 Å². The van der Waals surface area contributed by atoms with Crippen molar-refractivity contribution in [2.45, 2.75) is 22.8 Å². The molecule has 0 amide bonds. The van der Waals surface area contributed by atoms with Crippen molar-refractivity contribution in [3.8, 4) is 5.75 Å². The lowest BCUT2D eigenvalue weighted by molar-refractivity contribution is -0.0236. The molecule has 8 heteroatoms. The molecule has 0 aliphatic carbocycles. The normalized spacial score (nSPS) is 16.4. The summed E-state index contributed by atoms with van der Waals surface area (Å²) in [6, 6.07) is 14.1. The third-order valence-corrected chi connectivity index (χ3v) is 5.46. The Hall–Kier alpha value is -2.97. The molecule has 0 saturated carbocycles. The van der Waals surface area contributed by atoms with Gasteiger partial charge in [-0.3, -0.25) is 4.57 Å². The number of fused-ring (bicyclic) bond motifs is 2. The molecule has 0 spiro atoms. The Labute approximate surface area is 164 Å². The number of halogens is 1. The average Bonchev–Trinajstić information content (AvgIpc) is 3.04. The summed E-state index contributed by atoms with van der Waals surface area (Å²) in [7, 11) is 0. The molecular weight excluding hydrogens is 379 g/mol. The van der Waals surface area contributed by atoms with E-state index < -0.39 is 0 Å². The van der Waals surface area contributed by atoms with Crippen LogP contribution in [0.1, 0.15) is 11.8 Å². The quantitative estimate of drug-likeness (QED) is 0.485. The van der Waals surface area contributed by atoms with Crippen molar-refractivity contribution in [3.63, 3.8) is 0 Å². The zero-order valence-electron chi connectivity index (χ0n) is 14.7. The Balaban J connectivity index is 1.49. The summed E-state index contributed by atoms with van der Waals surface area (Å²) in [5, 5.41) is 0.722. The van der Waals surface area contributed by atoms with Gasteiger partial charge in [-0.15, -0.1) is 0 Å². The van der Waals surface area contributed by atoms with Crippen molar-refractivity contribution in [2.75, 3.05) is 6.61 Å². The third kappa shape index (κ3) is 3.21. The van der Waals surface area contributed by atoms with Crippen molar-refractivity contribution in [1.29, 1.82) is 0 Å². The first-order chi connectivity index (χ1) is 13.8. The van der Waals surface area contributed by atoms with Crippen molar-refractivity contribution >= 4 is 22.9 Å². The van der Waals surface area contributed by atoms with Crippen molar-refractivity contribution in [2.24, 2.45) is 0 Å². The standard InChI is InChI=1S/C20H15FN4O2S/c21-14-5-7-15(8-6-14)28-20-18-19(22-11-23-20)24-12-25(18)17-10-26-16-4-2-1-3-13(16)9-27-17/h1-8,11-12,17H,9-10H2. The number of aromatic nitrogens is 4. The minimum Gasteiger partial charge on any atom is -0.488 e. The number of hydrogen-bond acceptors (Lipinski definition) is 6. The van der Waals surface area contributed by atoms with Crippen LogP contribution in [0.3, 0.4) is 0 Å². The maximum absolute atomic E-state index is 13.2. The fourth-order valence-electron chi connectivity index (χ4n) is 3.08. The summed E-state index contributed by atoms with van der Waals surface area (Å²) >= 11 is 1.43. The maximum atomic E-state index is 13.2. The van der Waals surface area contributed by atoms with Crippen LogP contribution < -0.4 is 4.74 Å². The molecule has 4 aromatic rings. The van der Waals surface area contributed by atoms with Crippen LogP contribution in [-0.2, 0) is 11.3 Å². The van der Waals surface area contributed by atoms with E-state index in [1.165, 1.54) is 30.2 Å². The van der Waals surface area contributed by atoms with E-state index in [0.717, 1.165) is 26.8 Å². The van der Waals surface area contributed by atoms with Gasteiger partial charge in [-0.05, 0) is 30.3 Å².